The van der Waals surface area contributed by atoms with Gasteiger partial charge in [0.1, 0.15) is 5.75 Å². The summed E-state index contributed by atoms with van der Waals surface area (Å²) >= 11 is 5.46. The Morgan fingerprint density at radius 3 is 2.48 bits per heavy atom. The summed E-state index contributed by atoms with van der Waals surface area (Å²) in [6, 6.07) is 9.77. The van der Waals surface area contributed by atoms with E-state index in [1.165, 1.54) is 38.5 Å². The van der Waals surface area contributed by atoms with Gasteiger partial charge in [0, 0.05) is 24.0 Å². The highest BCUT2D eigenvalue weighted by molar-refractivity contribution is 7.80. The topological polar surface area (TPSA) is 51.1 Å². The van der Waals surface area contributed by atoms with Gasteiger partial charge in [0.05, 0.1) is 12.6 Å². The molecule has 142 valence electrons. The van der Waals surface area contributed by atoms with Gasteiger partial charge in [-0.1, -0.05) is 6.07 Å². The van der Waals surface area contributed by atoms with E-state index in [1.807, 2.05) is 30.3 Å². The minimum absolute atomic E-state index is 0.247. The third kappa shape index (κ3) is 3.20. The third-order valence-corrected chi connectivity index (χ3v) is 6.85. The van der Waals surface area contributed by atoms with Crippen LogP contribution in [0, 0.1) is 17.8 Å². The largest absolute Gasteiger partial charge is 0.497 e. The lowest BCUT2D eigenvalue weighted by molar-refractivity contribution is -0.0492. The van der Waals surface area contributed by atoms with Crippen LogP contribution in [0.5, 0.6) is 5.75 Å². The Morgan fingerprint density at radius 2 is 1.81 bits per heavy atom. The molecule has 4 fully saturated rings. The van der Waals surface area contributed by atoms with Crippen molar-refractivity contribution in [3.8, 4) is 5.75 Å². The van der Waals surface area contributed by atoms with Gasteiger partial charge in [-0.25, -0.2) is 0 Å². The van der Waals surface area contributed by atoms with Crippen LogP contribution in [-0.4, -0.2) is 22.0 Å². The first-order valence-electron chi connectivity index (χ1n) is 9.90. The molecule has 27 heavy (non-hydrogen) atoms. The fourth-order valence-electron chi connectivity index (χ4n) is 5.98. The van der Waals surface area contributed by atoms with Gasteiger partial charge in [0.2, 0.25) is 0 Å². The number of hydrogen-bond acceptors (Lipinski definition) is 3. The van der Waals surface area contributed by atoms with E-state index < -0.39 is 0 Å². The van der Waals surface area contributed by atoms with E-state index >= 15 is 0 Å². The molecule has 0 amide bonds. The van der Waals surface area contributed by atoms with E-state index in [1.54, 1.807) is 7.11 Å². The van der Waals surface area contributed by atoms with Crippen molar-refractivity contribution in [3.63, 3.8) is 0 Å². The molecule has 4 aliphatic rings. The summed E-state index contributed by atoms with van der Waals surface area (Å²) in [6.45, 7) is 0. The van der Waals surface area contributed by atoms with Crippen LogP contribution in [0.15, 0.2) is 36.5 Å². The summed E-state index contributed by atoms with van der Waals surface area (Å²) in [5, 5.41) is 11.8. The maximum Gasteiger partial charge on any atom is 0.176 e. The number of benzene rings is 1. The van der Waals surface area contributed by atoms with Crippen LogP contribution in [0.3, 0.4) is 0 Å². The van der Waals surface area contributed by atoms with E-state index in [4.69, 9.17) is 22.1 Å². The minimum atomic E-state index is 0.247. The van der Waals surface area contributed by atoms with E-state index in [2.05, 4.69) is 21.5 Å². The van der Waals surface area contributed by atoms with Crippen molar-refractivity contribution < 1.29 is 4.74 Å². The van der Waals surface area contributed by atoms with Crippen molar-refractivity contribution in [1.29, 1.82) is 0 Å². The Morgan fingerprint density at radius 1 is 1.11 bits per heavy atom. The van der Waals surface area contributed by atoms with Crippen LogP contribution in [-0.2, 0) is 5.54 Å². The zero-order valence-corrected chi connectivity index (χ0v) is 16.5. The number of rotatable bonds is 4. The van der Waals surface area contributed by atoms with E-state index in [-0.39, 0.29) is 5.54 Å². The predicted molar refractivity (Wildman–Crippen MR) is 111 cm³/mol. The summed E-state index contributed by atoms with van der Waals surface area (Å²) in [4.78, 5) is 0. The van der Waals surface area contributed by atoms with Gasteiger partial charge in [-0.3, -0.25) is 4.68 Å². The number of nitrogens with one attached hydrogen (secondary N) is 2. The van der Waals surface area contributed by atoms with Crippen LogP contribution in [0.2, 0.25) is 0 Å². The molecule has 6 rings (SSSR count). The van der Waals surface area contributed by atoms with Crippen LogP contribution in [0.25, 0.3) is 0 Å². The number of thiocarbonyl (C=S) groups is 1. The van der Waals surface area contributed by atoms with Crippen LogP contribution in [0.4, 0.5) is 11.5 Å². The van der Waals surface area contributed by atoms with Gasteiger partial charge in [-0.15, -0.1) is 0 Å². The highest BCUT2D eigenvalue weighted by Crippen LogP contribution is 2.58. The summed E-state index contributed by atoms with van der Waals surface area (Å²) < 4.78 is 7.50. The first-order chi connectivity index (χ1) is 13.1. The quantitative estimate of drug-likeness (QED) is 0.756. The standard InChI is InChI=1S/C21H26N4OS/c1-26-18-4-2-3-17(10-18)22-20(27)23-19-5-6-25(24-19)21-11-14-7-15(12-21)9-16(8-14)13-21/h2-6,10,14-16H,7-9,11-13H2,1H3,(H2,22,23,24,27). The SMILES string of the molecule is COc1cccc(NC(=S)Nc2ccn(C34CC5CC(CC(C5)C3)C4)n2)c1. The van der Waals surface area contributed by atoms with Gasteiger partial charge in [-0.05, 0) is 80.6 Å². The van der Waals surface area contributed by atoms with Crippen molar-refractivity contribution in [2.75, 3.05) is 17.7 Å². The molecule has 5 nitrogen and oxygen atoms in total. The highest BCUT2D eigenvalue weighted by Gasteiger charge is 2.52. The van der Waals surface area contributed by atoms with Gasteiger partial charge >= 0.3 is 0 Å². The Kier molecular flexibility index (Phi) is 4.11. The molecular formula is C21H26N4OS. The average molecular weight is 383 g/mol. The first-order valence-corrected chi connectivity index (χ1v) is 10.3. The fraction of sp³-hybridized carbons (Fsp3) is 0.524. The highest BCUT2D eigenvalue weighted by atomic mass is 32.1. The Balaban J connectivity index is 1.28. The Labute approximate surface area is 165 Å². The molecule has 2 N–H and O–H groups in total. The van der Waals surface area contributed by atoms with Crippen LogP contribution < -0.4 is 15.4 Å². The zero-order valence-electron chi connectivity index (χ0n) is 15.6. The number of methoxy groups -OCH3 is 1. The average Bonchev–Trinajstić information content (AvgIpc) is 3.10. The van der Waals surface area contributed by atoms with Gasteiger partial charge < -0.3 is 15.4 Å². The second-order valence-electron chi connectivity index (χ2n) is 8.60. The smallest absolute Gasteiger partial charge is 0.176 e. The number of anilines is 2. The first kappa shape index (κ1) is 17.0. The summed E-state index contributed by atoms with van der Waals surface area (Å²) in [5.41, 5.74) is 1.14. The summed E-state index contributed by atoms with van der Waals surface area (Å²) in [7, 11) is 1.66. The Hall–Kier alpha value is -2.08. The fourth-order valence-corrected chi connectivity index (χ4v) is 6.20. The molecule has 6 heteroatoms. The molecule has 0 radical (unpaired) electrons. The molecule has 4 bridgehead atoms. The molecule has 4 aliphatic carbocycles. The molecule has 0 unspecified atom stereocenters. The van der Waals surface area contributed by atoms with E-state index in [0.29, 0.717) is 5.11 Å². The lowest BCUT2D eigenvalue weighted by atomic mass is 9.53. The van der Waals surface area contributed by atoms with E-state index in [9.17, 15) is 0 Å². The number of aromatic nitrogens is 2. The molecule has 0 spiro atoms. The molecule has 0 aliphatic heterocycles. The van der Waals surface area contributed by atoms with Crippen molar-refractivity contribution in [1.82, 2.24) is 9.78 Å². The molecule has 1 heterocycles. The van der Waals surface area contributed by atoms with E-state index in [0.717, 1.165) is 35.0 Å². The second kappa shape index (κ2) is 6.51. The predicted octanol–water partition coefficient (Wildman–Crippen LogP) is 4.63. The molecular weight excluding hydrogens is 356 g/mol. The number of hydrogen-bond donors (Lipinski definition) is 2. The molecule has 1 aromatic heterocycles. The molecule has 1 aromatic carbocycles. The minimum Gasteiger partial charge on any atom is -0.497 e. The maximum atomic E-state index is 5.46. The lowest BCUT2D eigenvalue weighted by Crippen LogP contribution is -2.52. The number of nitrogens with zero attached hydrogens (tertiary/aromatic N) is 2. The second-order valence-corrected chi connectivity index (χ2v) is 9.01. The monoisotopic (exact) mass is 382 g/mol. The maximum absolute atomic E-state index is 5.46. The van der Waals surface area contributed by atoms with Crippen LogP contribution in [0.1, 0.15) is 38.5 Å². The summed E-state index contributed by atoms with van der Waals surface area (Å²) in [6.07, 6.45) is 10.4. The van der Waals surface area contributed by atoms with Crippen molar-refractivity contribution >= 4 is 28.8 Å². The van der Waals surface area contributed by atoms with Gasteiger partial charge in [0.15, 0.2) is 10.9 Å². The molecule has 0 atom stereocenters. The summed E-state index contributed by atoms with van der Waals surface area (Å²) in [5.74, 6) is 4.34. The molecule has 0 saturated heterocycles. The van der Waals surface area contributed by atoms with Crippen molar-refractivity contribution in [2.24, 2.45) is 17.8 Å². The number of ether oxygens (including phenoxy) is 1. The third-order valence-electron chi connectivity index (χ3n) is 6.65. The Bertz CT molecular complexity index is 826. The zero-order chi connectivity index (χ0) is 18.4. The van der Waals surface area contributed by atoms with Gasteiger partial charge in [0.25, 0.3) is 0 Å². The molecule has 4 saturated carbocycles. The normalized spacial score (nSPS) is 30.9. The van der Waals surface area contributed by atoms with Crippen molar-refractivity contribution in [3.05, 3.63) is 36.5 Å². The van der Waals surface area contributed by atoms with Crippen molar-refractivity contribution in [2.45, 2.75) is 44.1 Å². The molecule has 2 aromatic rings. The lowest BCUT2D eigenvalue weighted by Gasteiger charge is -2.56. The van der Waals surface area contributed by atoms with Crippen LogP contribution >= 0.6 is 12.2 Å². The van der Waals surface area contributed by atoms with Gasteiger partial charge in [-0.2, -0.15) is 5.10 Å².